The maximum absolute atomic E-state index is 12.1. The number of aromatic nitrogens is 2. The maximum Gasteiger partial charge on any atom is 0.322 e. The van der Waals surface area contributed by atoms with Crippen LogP contribution in [-0.2, 0) is 30.0 Å². The molecule has 1 aromatic carbocycles. The molecule has 1 aliphatic rings. The second kappa shape index (κ2) is 7.29. The SMILES string of the molecule is CC(C)Cn1cc(CNCc2cccc(C3(C)NC(=O)NC3=O)c2)cn1. The summed E-state index contributed by atoms with van der Waals surface area (Å²) in [5, 5.41) is 12.7. The smallest absolute Gasteiger partial charge is 0.320 e. The molecule has 0 bridgehead atoms. The first-order valence-electron chi connectivity index (χ1n) is 8.82. The van der Waals surface area contributed by atoms with Crippen molar-refractivity contribution in [3.8, 4) is 0 Å². The van der Waals surface area contributed by atoms with E-state index < -0.39 is 11.6 Å². The van der Waals surface area contributed by atoms with Gasteiger partial charge in [0.25, 0.3) is 5.91 Å². The van der Waals surface area contributed by atoms with Crippen LogP contribution in [0.5, 0.6) is 0 Å². The first kappa shape index (κ1) is 18.1. The Kier molecular flexibility index (Phi) is 5.08. The highest BCUT2D eigenvalue weighted by atomic mass is 16.2. The number of carbonyl (C=O) groups excluding carboxylic acids is 2. The van der Waals surface area contributed by atoms with E-state index in [1.165, 1.54) is 0 Å². The molecule has 0 saturated carbocycles. The number of rotatable bonds is 7. The molecular formula is C19H25N5O2. The predicted molar refractivity (Wildman–Crippen MR) is 98.1 cm³/mol. The highest BCUT2D eigenvalue weighted by molar-refractivity contribution is 6.07. The summed E-state index contributed by atoms with van der Waals surface area (Å²) in [5.74, 6) is 0.235. The van der Waals surface area contributed by atoms with Gasteiger partial charge >= 0.3 is 6.03 Å². The zero-order chi connectivity index (χ0) is 18.7. The van der Waals surface area contributed by atoms with Crippen LogP contribution in [0.2, 0.25) is 0 Å². The Morgan fingerprint density at radius 1 is 1.23 bits per heavy atom. The number of imide groups is 1. The summed E-state index contributed by atoms with van der Waals surface area (Å²) in [6.07, 6.45) is 3.94. The lowest BCUT2D eigenvalue weighted by Crippen LogP contribution is -2.40. The van der Waals surface area contributed by atoms with Crippen LogP contribution in [0.3, 0.4) is 0 Å². The van der Waals surface area contributed by atoms with Crippen LogP contribution in [0, 0.1) is 5.92 Å². The lowest BCUT2D eigenvalue weighted by atomic mass is 9.91. The minimum absolute atomic E-state index is 0.329. The number of benzene rings is 1. The van der Waals surface area contributed by atoms with Gasteiger partial charge in [0, 0.05) is 31.4 Å². The molecule has 2 aromatic rings. The van der Waals surface area contributed by atoms with Crippen molar-refractivity contribution in [2.45, 2.75) is 45.9 Å². The van der Waals surface area contributed by atoms with Crippen LogP contribution in [0.25, 0.3) is 0 Å². The van der Waals surface area contributed by atoms with Crippen molar-refractivity contribution in [3.05, 3.63) is 53.3 Å². The van der Waals surface area contributed by atoms with Gasteiger partial charge in [-0.1, -0.05) is 38.1 Å². The summed E-state index contributed by atoms with van der Waals surface area (Å²) in [7, 11) is 0. The summed E-state index contributed by atoms with van der Waals surface area (Å²) in [6, 6.07) is 7.23. The molecule has 1 saturated heterocycles. The van der Waals surface area contributed by atoms with Crippen molar-refractivity contribution in [1.82, 2.24) is 25.7 Å². The first-order valence-corrected chi connectivity index (χ1v) is 8.82. The van der Waals surface area contributed by atoms with Gasteiger partial charge in [-0.3, -0.25) is 14.8 Å². The van der Waals surface area contributed by atoms with Crippen LogP contribution in [0.15, 0.2) is 36.7 Å². The number of urea groups is 1. The standard InChI is InChI=1S/C19H25N5O2/c1-13(2)11-24-12-15(10-21-24)9-20-8-14-5-4-6-16(7-14)19(3)17(25)22-18(26)23-19/h4-7,10,12-13,20H,8-9,11H2,1-3H3,(H2,22,23,25,26). The zero-order valence-corrected chi connectivity index (χ0v) is 15.4. The van der Waals surface area contributed by atoms with Crippen LogP contribution in [0.4, 0.5) is 4.79 Å². The second-order valence-corrected chi connectivity index (χ2v) is 7.30. The third kappa shape index (κ3) is 3.94. The van der Waals surface area contributed by atoms with Gasteiger partial charge in [-0.05, 0) is 24.0 Å². The number of hydrogen-bond donors (Lipinski definition) is 3. The number of nitrogens with one attached hydrogen (secondary N) is 3. The van der Waals surface area contributed by atoms with Gasteiger partial charge in [-0.25, -0.2) is 4.79 Å². The molecule has 138 valence electrons. The van der Waals surface area contributed by atoms with Crippen LogP contribution in [0.1, 0.15) is 37.5 Å². The van der Waals surface area contributed by atoms with Crippen LogP contribution < -0.4 is 16.0 Å². The molecule has 3 amide bonds. The summed E-state index contributed by atoms with van der Waals surface area (Å²) in [6.45, 7) is 8.34. The van der Waals surface area contributed by atoms with Gasteiger partial charge in [0.1, 0.15) is 5.54 Å². The minimum Gasteiger partial charge on any atom is -0.320 e. The van der Waals surface area contributed by atoms with E-state index >= 15 is 0 Å². The normalized spacial score (nSPS) is 19.7. The van der Waals surface area contributed by atoms with E-state index in [0.29, 0.717) is 12.5 Å². The van der Waals surface area contributed by atoms with E-state index in [1.807, 2.05) is 35.1 Å². The third-order valence-corrected chi connectivity index (χ3v) is 4.45. The molecule has 1 fully saturated rings. The van der Waals surface area contributed by atoms with Crippen LogP contribution >= 0.6 is 0 Å². The van der Waals surface area contributed by atoms with E-state index in [2.05, 4.69) is 41.1 Å². The lowest BCUT2D eigenvalue weighted by molar-refractivity contribution is -0.123. The number of carbonyl (C=O) groups is 2. The maximum atomic E-state index is 12.1. The Hall–Kier alpha value is -2.67. The van der Waals surface area contributed by atoms with Crippen molar-refractivity contribution in [3.63, 3.8) is 0 Å². The molecule has 0 spiro atoms. The largest absolute Gasteiger partial charge is 0.322 e. The van der Waals surface area contributed by atoms with E-state index in [4.69, 9.17) is 0 Å². The molecule has 7 heteroatoms. The Bertz CT molecular complexity index is 814. The quantitative estimate of drug-likeness (QED) is 0.662. The summed E-state index contributed by atoms with van der Waals surface area (Å²) >= 11 is 0. The van der Waals surface area contributed by atoms with Crippen molar-refractivity contribution in [2.24, 2.45) is 5.92 Å². The molecule has 3 N–H and O–H groups in total. The average Bonchev–Trinajstić information content (AvgIpc) is 3.11. The van der Waals surface area contributed by atoms with Crippen molar-refractivity contribution >= 4 is 11.9 Å². The first-order chi connectivity index (χ1) is 12.4. The highest BCUT2D eigenvalue weighted by Gasteiger charge is 2.43. The number of nitrogens with zero attached hydrogens (tertiary/aromatic N) is 2. The topological polar surface area (TPSA) is 88.0 Å². The van der Waals surface area contributed by atoms with Crippen molar-refractivity contribution in [1.29, 1.82) is 0 Å². The van der Waals surface area contributed by atoms with Crippen molar-refractivity contribution < 1.29 is 9.59 Å². The Morgan fingerprint density at radius 2 is 2.00 bits per heavy atom. The van der Waals surface area contributed by atoms with Gasteiger partial charge in [0.2, 0.25) is 0 Å². The Morgan fingerprint density at radius 3 is 2.69 bits per heavy atom. The third-order valence-electron chi connectivity index (χ3n) is 4.45. The van der Waals surface area contributed by atoms with Gasteiger partial charge in [0.05, 0.1) is 6.20 Å². The second-order valence-electron chi connectivity index (χ2n) is 7.30. The molecule has 1 aliphatic heterocycles. The monoisotopic (exact) mass is 355 g/mol. The molecule has 0 radical (unpaired) electrons. The van der Waals surface area contributed by atoms with Crippen LogP contribution in [-0.4, -0.2) is 21.7 Å². The molecule has 1 atom stereocenters. The van der Waals surface area contributed by atoms with E-state index in [0.717, 1.165) is 29.8 Å². The lowest BCUT2D eigenvalue weighted by Gasteiger charge is -2.21. The van der Waals surface area contributed by atoms with Crippen molar-refractivity contribution in [2.75, 3.05) is 0 Å². The Labute approximate surface area is 153 Å². The van der Waals surface area contributed by atoms with E-state index in [1.54, 1.807) is 6.92 Å². The minimum atomic E-state index is -1.02. The predicted octanol–water partition coefficient (Wildman–Crippen LogP) is 1.88. The van der Waals surface area contributed by atoms with E-state index in [9.17, 15) is 9.59 Å². The molecule has 0 aliphatic carbocycles. The molecule has 1 unspecified atom stereocenters. The Balaban J connectivity index is 1.60. The fourth-order valence-corrected chi connectivity index (χ4v) is 3.06. The van der Waals surface area contributed by atoms with Gasteiger partial charge in [0.15, 0.2) is 0 Å². The van der Waals surface area contributed by atoms with Gasteiger partial charge < -0.3 is 10.6 Å². The molecular weight excluding hydrogens is 330 g/mol. The highest BCUT2D eigenvalue weighted by Crippen LogP contribution is 2.25. The summed E-state index contributed by atoms with van der Waals surface area (Å²) in [4.78, 5) is 23.5. The number of hydrogen-bond acceptors (Lipinski definition) is 4. The number of amides is 3. The fraction of sp³-hybridized carbons (Fsp3) is 0.421. The average molecular weight is 355 g/mol. The molecule has 2 heterocycles. The summed E-state index contributed by atoms with van der Waals surface area (Å²) in [5.41, 5.74) is 1.93. The fourth-order valence-electron chi connectivity index (χ4n) is 3.06. The summed E-state index contributed by atoms with van der Waals surface area (Å²) < 4.78 is 1.96. The van der Waals surface area contributed by atoms with E-state index in [-0.39, 0.29) is 5.91 Å². The van der Waals surface area contributed by atoms with Gasteiger partial charge in [-0.2, -0.15) is 5.10 Å². The zero-order valence-electron chi connectivity index (χ0n) is 15.4. The molecule has 1 aromatic heterocycles. The molecule has 3 rings (SSSR count). The molecule has 26 heavy (non-hydrogen) atoms. The molecule has 7 nitrogen and oxygen atoms in total. The van der Waals surface area contributed by atoms with Gasteiger partial charge in [-0.15, -0.1) is 0 Å².